The molecule has 2 aromatic carbocycles. The number of hydrogen-bond donors (Lipinski definition) is 1. The van der Waals surface area contributed by atoms with Crippen molar-refractivity contribution in [3.63, 3.8) is 0 Å². The summed E-state index contributed by atoms with van der Waals surface area (Å²) in [6.45, 7) is 8.13. The first-order valence-corrected chi connectivity index (χ1v) is 17.0. The zero-order chi connectivity index (χ0) is 28.4. The molecule has 4 aromatic rings. The number of benzene rings is 2. The van der Waals surface area contributed by atoms with Gasteiger partial charge in [0.1, 0.15) is 31.0 Å². The van der Waals surface area contributed by atoms with Gasteiger partial charge in [0.25, 0.3) is 12.0 Å². The first-order chi connectivity index (χ1) is 19.1. The second kappa shape index (κ2) is 11.4. The van der Waals surface area contributed by atoms with Gasteiger partial charge in [0, 0.05) is 39.2 Å². The molecule has 1 N–H and O–H groups in total. The molecule has 1 saturated heterocycles. The monoisotopic (exact) mass is 566 g/mol. The van der Waals surface area contributed by atoms with Gasteiger partial charge in [-0.2, -0.15) is 10.4 Å². The molecule has 0 saturated carbocycles. The zero-order valence-electron chi connectivity index (χ0n) is 22.8. The Bertz CT molecular complexity index is 1640. The topological polar surface area (TPSA) is 107 Å². The minimum atomic E-state index is -2.67. The first-order valence-electron chi connectivity index (χ1n) is 13.3. The van der Waals surface area contributed by atoms with Crippen LogP contribution in [0.1, 0.15) is 23.1 Å². The molecule has 5 rings (SSSR count). The fraction of sp³-hybridized carbons (Fsp3) is 0.429. The number of imidazole rings is 1. The fourth-order valence-corrected chi connectivity index (χ4v) is 5.38. The summed E-state index contributed by atoms with van der Waals surface area (Å²) in [6, 6.07) is 13.5. The van der Waals surface area contributed by atoms with Gasteiger partial charge < -0.3 is 19.4 Å². The summed E-state index contributed by atoms with van der Waals surface area (Å²) in [5.74, 6) is 0.674. The van der Waals surface area contributed by atoms with Crippen molar-refractivity contribution in [3.8, 4) is 11.8 Å². The predicted octanol–water partition coefficient (Wildman–Crippen LogP) is 4.31. The molecule has 1 aliphatic rings. The number of rotatable bonds is 11. The molecule has 2 aromatic heterocycles. The van der Waals surface area contributed by atoms with Gasteiger partial charge in [-0.1, -0.05) is 37.8 Å². The lowest BCUT2D eigenvalue weighted by Crippen LogP contribution is -2.48. The van der Waals surface area contributed by atoms with E-state index >= 15 is 0 Å². The van der Waals surface area contributed by atoms with E-state index in [2.05, 4.69) is 25.0 Å². The molecular formula is C28H32F2N6O3Si. The highest BCUT2D eigenvalue weighted by Gasteiger charge is 2.24. The van der Waals surface area contributed by atoms with Gasteiger partial charge in [-0.25, -0.2) is 18.4 Å². The van der Waals surface area contributed by atoms with E-state index in [-0.39, 0.29) is 29.6 Å². The van der Waals surface area contributed by atoms with Gasteiger partial charge in [0.2, 0.25) is 0 Å². The van der Waals surface area contributed by atoms with E-state index in [1.165, 1.54) is 6.07 Å². The van der Waals surface area contributed by atoms with Crippen LogP contribution in [-0.2, 0) is 17.9 Å². The maximum atomic E-state index is 13.2. The SMILES string of the molecule is C[Si](C)(C)CCOCn1c(Cc2nn(C3CNC3)c(=O)c3ccccc23)nc2cc(OCC(F)F)c(C#N)cc21. The minimum Gasteiger partial charge on any atom is -0.486 e. The molecule has 0 unspecified atom stereocenters. The molecule has 0 radical (unpaired) electrons. The number of nitrogens with zero attached hydrogens (tertiary/aromatic N) is 5. The fourth-order valence-electron chi connectivity index (χ4n) is 4.62. The van der Waals surface area contributed by atoms with Crippen LogP contribution in [0.5, 0.6) is 5.75 Å². The van der Waals surface area contributed by atoms with Crippen LogP contribution in [0, 0.1) is 11.3 Å². The Hall–Kier alpha value is -3.66. The van der Waals surface area contributed by atoms with Crippen molar-refractivity contribution in [2.24, 2.45) is 0 Å². The Morgan fingerprint density at radius 3 is 2.60 bits per heavy atom. The largest absolute Gasteiger partial charge is 0.486 e. The Balaban J connectivity index is 1.58. The van der Waals surface area contributed by atoms with Crippen molar-refractivity contribution in [1.82, 2.24) is 24.6 Å². The van der Waals surface area contributed by atoms with Gasteiger partial charge in [-0.3, -0.25) is 4.79 Å². The highest BCUT2D eigenvalue weighted by molar-refractivity contribution is 6.76. The smallest absolute Gasteiger partial charge is 0.274 e. The molecule has 0 atom stereocenters. The molecule has 210 valence electrons. The maximum absolute atomic E-state index is 13.2. The molecule has 1 aliphatic heterocycles. The van der Waals surface area contributed by atoms with E-state index in [1.807, 2.05) is 28.8 Å². The summed E-state index contributed by atoms with van der Waals surface area (Å²) < 4.78 is 40.4. The van der Waals surface area contributed by atoms with Crippen LogP contribution in [-0.4, -0.2) is 60.1 Å². The van der Waals surface area contributed by atoms with Crippen molar-refractivity contribution < 1.29 is 18.3 Å². The van der Waals surface area contributed by atoms with Crippen molar-refractivity contribution in [2.45, 2.75) is 51.3 Å². The lowest BCUT2D eigenvalue weighted by atomic mass is 10.1. The lowest BCUT2D eigenvalue weighted by molar-refractivity contribution is 0.0818. The third-order valence-corrected chi connectivity index (χ3v) is 8.67. The van der Waals surface area contributed by atoms with Gasteiger partial charge in [0.15, 0.2) is 0 Å². The molecule has 9 nitrogen and oxygen atoms in total. The molecule has 40 heavy (non-hydrogen) atoms. The third kappa shape index (κ3) is 5.91. The number of nitrogens with one attached hydrogen (secondary N) is 1. The summed E-state index contributed by atoms with van der Waals surface area (Å²) in [6.07, 6.45) is -2.38. The van der Waals surface area contributed by atoms with E-state index in [9.17, 15) is 18.8 Å². The van der Waals surface area contributed by atoms with Crippen LogP contribution >= 0.6 is 0 Å². The lowest BCUT2D eigenvalue weighted by Gasteiger charge is -2.28. The molecule has 12 heteroatoms. The van der Waals surface area contributed by atoms with Crippen molar-refractivity contribution in [1.29, 1.82) is 5.26 Å². The number of nitriles is 1. The van der Waals surface area contributed by atoms with Crippen LogP contribution in [0.25, 0.3) is 21.8 Å². The Morgan fingerprint density at radius 2 is 1.95 bits per heavy atom. The predicted molar refractivity (Wildman–Crippen MR) is 151 cm³/mol. The normalized spacial score (nSPS) is 14.1. The Morgan fingerprint density at radius 1 is 1.20 bits per heavy atom. The second-order valence-corrected chi connectivity index (χ2v) is 16.8. The van der Waals surface area contributed by atoms with E-state index in [4.69, 9.17) is 19.6 Å². The van der Waals surface area contributed by atoms with Gasteiger partial charge in [0.05, 0.1) is 40.1 Å². The molecule has 0 amide bonds. The van der Waals surface area contributed by atoms with E-state index in [0.29, 0.717) is 54.1 Å². The summed E-state index contributed by atoms with van der Waals surface area (Å²) in [5, 5.41) is 19.0. The maximum Gasteiger partial charge on any atom is 0.274 e. The van der Waals surface area contributed by atoms with E-state index in [1.54, 1.807) is 16.8 Å². The summed E-state index contributed by atoms with van der Waals surface area (Å²) in [7, 11) is -1.32. The molecule has 0 bridgehead atoms. The van der Waals surface area contributed by atoms with Crippen LogP contribution in [0.4, 0.5) is 8.78 Å². The summed E-state index contributed by atoms with van der Waals surface area (Å²) in [4.78, 5) is 18.0. The van der Waals surface area contributed by atoms with Crippen LogP contribution < -0.4 is 15.6 Å². The van der Waals surface area contributed by atoms with Gasteiger partial charge >= 0.3 is 0 Å². The van der Waals surface area contributed by atoms with E-state index in [0.717, 1.165) is 11.4 Å². The number of halogens is 2. The Labute approximate surface area is 231 Å². The van der Waals surface area contributed by atoms with E-state index < -0.39 is 21.1 Å². The highest BCUT2D eigenvalue weighted by Crippen LogP contribution is 2.29. The summed E-state index contributed by atoms with van der Waals surface area (Å²) in [5.41, 5.74) is 1.82. The number of aromatic nitrogens is 4. The molecule has 0 aliphatic carbocycles. The number of hydrogen-bond acceptors (Lipinski definition) is 7. The molecule has 0 spiro atoms. The second-order valence-electron chi connectivity index (χ2n) is 11.2. The first kappa shape index (κ1) is 27.9. The molecular weight excluding hydrogens is 534 g/mol. The zero-order valence-corrected chi connectivity index (χ0v) is 23.8. The number of alkyl halides is 2. The molecule has 3 heterocycles. The van der Waals surface area contributed by atoms with Crippen LogP contribution in [0.15, 0.2) is 41.2 Å². The minimum absolute atomic E-state index is 0.0210. The van der Waals surface area contributed by atoms with Crippen molar-refractivity contribution >= 4 is 29.9 Å². The highest BCUT2D eigenvalue weighted by atomic mass is 28.3. The van der Waals surface area contributed by atoms with Crippen molar-refractivity contribution in [3.05, 3.63) is 63.8 Å². The number of fused-ring (bicyclic) bond motifs is 2. The molecule has 1 fully saturated rings. The van der Waals surface area contributed by atoms with Gasteiger partial charge in [-0.05, 0) is 18.2 Å². The van der Waals surface area contributed by atoms with Crippen molar-refractivity contribution in [2.75, 3.05) is 26.3 Å². The van der Waals surface area contributed by atoms with Crippen LogP contribution in [0.2, 0.25) is 25.7 Å². The van der Waals surface area contributed by atoms with Gasteiger partial charge in [-0.15, -0.1) is 0 Å². The quantitative estimate of drug-likeness (QED) is 0.213. The third-order valence-electron chi connectivity index (χ3n) is 6.97. The Kier molecular flexibility index (Phi) is 7.98. The van der Waals surface area contributed by atoms with Crippen LogP contribution in [0.3, 0.4) is 0 Å². The number of ether oxygens (including phenoxy) is 2. The standard InChI is InChI=1S/C28H32F2N6O3Si/c1-40(2,3)9-8-38-17-35-24-10-18(13-31)25(39-16-26(29)30)11-23(24)33-27(35)12-22-20-6-4-5-7-21(20)28(37)36(34-22)19-14-32-15-19/h4-7,10-11,19,26,32H,8-9,12,14-17H2,1-3H3. The average Bonchev–Trinajstić information content (AvgIpc) is 3.21. The summed E-state index contributed by atoms with van der Waals surface area (Å²) >= 11 is 0. The average molecular weight is 567 g/mol.